The van der Waals surface area contributed by atoms with Crippen molar-refractivity contribution in [3.63, 3.8) is 0 Å². The summed E-state index contributed by atoms with van der Waals surface area (Å²) in [7, 11) is 1.59. The Labute approximate surface area is 123 Å². The van der Waals surface area contributed by atoms with Crippen LogP contribution >= 0.6 is 41.9 Å². The van der Waals surface area contributed by atoms with E-state index in [1.807, 2.05) is 18.2 Å². The van der Waals surface area contributed by atoms with Gasteiger partial charge in [-0.2, -0.15) is 0 Å². The minimum Gasteiger partial charge on any atom is -0.243 e. The molecule has 1 atom stereocenters. The van der Waals surface area contributed by atoms with Gasteiger partial charge in [-0.3, -0.25) is 0 Å². The third-order valence-electron chi connectivity index (χ3n) is 2.50. The molecule has 0 bridgehead atoms. The van der Waals surface area contributed by atoms with Crippen LogP contribution in [0, 0.1) is 0 Å². The minimum absolute atomic E-state index is 0.190. The van der Waals surface area contributed by atoms with Gasteiger partial charge >= 0.3 is 0 Å². The monoisotopic (exact) mass is 375 g/mol. The third-order valence-corrected chi connectivity index (χ3v) is 3.84. The van der Waals surface area contributed by atoms with Crippen molar-refractivity contribution >= 4 is 41.9 Å². The van der Waals surface area contributed by atoms with Gasteiger partial charge in [0.05, 0.1) is 6.04 Å². The molecule has 2 aromatic rings. The molecule has 0 aliphatic rings. The zero-order valence-corrected chi connectivity index (χ0v) is 12.7. The molecule has 0 radical (unpaired) electrons. The van der Waals surface area contributed by atoms with Crippen LogP contribution in [0.15, 0.2) is 54.6 Å². The second kappa shape index (κ2) is 6.64. The predicted molar refractivity (Wildman–Crippen MR) is 84.5 cm³/mol. The van der Waals surface area contributed by atoms with Gasteiger partial charge in [0.1, 0.15) is 0 Å². The van der Waals surface area contributed by atoms with Crippen molar-refractivity contribution in [2.75, 3.05) is 0 Å². The number of benzene rings is 2. The van der Waals surface area contributed by atoms with E-state index in [1.165, 1.54) is 11.1 Å². The zero-order valence-electron chi connectivity index (χ0n) is 8.94. The summed E-state index contributed by atoms with van der Waals surface area (Å²) in [5, 5.41) is 0.766. The van der Waals surface area contributed by atoms with Crippen LogP contribution in [-0.4, -0.2) is 0 Å². The molecule has 4 heteroatoms. The van der Waals surface area contributed by atoms with E-state index in [4.69, 9.17) is 11.6 Å². The molecule has 0 amide bonds. The molecule has 0 aromatic heterocycles. The average Bonchev–Trinajstić information content (AvgIpc) is 2.38. The van der Waals surface area contributed by atoms with Crippen molar-refractivity contribution < 1.29 is 0 Å². The van der Waals surface area contributed by atoms with Crippen LogP contribution in [0.5, 0.6) is 0 Å². The molecule has 0 aliphatic carbocycles. The molecule has 2 rings (SSSR count). The van der Waals surface area contributed by atoms with E-state index in [0.29, 0.717) is 0 Å². The Bertz CT molecular complexity index is 461. The summed E-state index contributed by atoms with van der Waals surface area (Å²) in [6, 6.07) is 18.5. The van der Waals surface area contributed by atoms with Crippen LogP contribution in [0.1, 0.15) is 17.2 Å². The lowest BCUT2D eigenvalue weighted by molar-refractivity contribution is 0.808. The maximum Gasteiger partial charge on any atom is 0.0678 e. The summed E-state index contributed by atoms with van der Waals surface area (Å²) in [5.41, 5.74) is 2.46. The second-order valence-electron chi connectivity index (χ2n) is 3.59. The highest BCUT2D eigenvalue weighted by Crippen LogP contribution is 2.26. The first kappa shape index (κ1) is 13.2. The second-order valence-corrected chi connectivity index (χ2v) is 5.74. The van der Waals surface area contributed by atoms with E-state index in [2.05, 4.69) is 62.3 Å². The lowest BCUT2D eigenvalue weighted by atomic mass is 10.00. The Morgan fingerprint density at radius 1 is 0.941 bits per heavy atom. The number of hydrogen-bond acceptors (Lipinski definition) is 2. The quantitative estimate of drug-likeness (QED) is 0.595. The Morgan fingerprint density at radius 2 is 1.53 bits per heavy atom. The molecule has 17 heavy (non-hydrogen) atoms. The molecule has 0 spiro atoms. The Balaban J connectivity index is 2.32. The predicted octanol–water partition coefficient (Wildman–Crippen LogP) is 5.02. The average molecular weight is 376 g/mol. The van der Waals surface area contributed by atoms with Crippen LogP contribution in [0.25, 0.3) is 0 Å². The zero-order chi connectivity index (χ0) is 12.1. The van der Waals surface area contributed by atoms with Gasteiger partial charge in [0, 0.05) is 26.2 Å². The van der Waals surface area contributed by atoms with Gasteiger partial charge in [-0.1, -0.05) is 54.1 Å². The molecular formula is C13H11ClINS. The summed E-state index contributed by atoms with van der Waals surface area (Å²) in [6.45, 7) is 0. The molecule has 1 nitrogen and oxygen atoms in total. The van der Waals surface area contributed by atoms with Crippen molar-refractivity contribution in [1.29, 1.82) is 0 Å². The Hall–Kier alpha value is -0.230. The summed E-state index contributed by atoms with van der Waals surface area (Å²) in [5.74, 6) is 0. The summed E-state index contributed by atoms with van der Waals surface area (Å²) in [6.07, 6.45) is 0. The van der Waals surface area contributed by atoms with E-state index in [0.717, 1.165) is 5.02 Å². The SMILES string of the molecule is Clc1ccc(C(NSI)c2ccccc2)cc1. The molecule has 0 heterocycles. The van der Waals surface area contributed by atoms with Crippen LogP contribution in [0.3, 0.4) is 0 Å². The molecule has 0 fully saturated rings. The topological polar surface area (TPSA) is 12.0 Å². The van der Waals surface area contributed by atoms with E-state index < -0.39 is 0 Å². The van der Waals surface area contributed by atoms with Crippen molar-refractivity contribution in [1.82, 2.24) is 4.72 Å². The van der Waals surface area contributed by atoms with Crippen molar-refractivity contribution in [2.24, 2.45) is 0 Å². The Kier molecular flexibility index (Phi) is 5.16. The van der Waals surface area contributed by atoms with Crippen LogP contribution in [0.2, 0.25) is 5.02 Å². The summed E-state index contributed by atoms with van der Waals surface area (Å²) < 4.78 is 3.39. The van der Waals surface area contributed by atoms with Gasteiger partial charge in [0.15, 0.2) is 0 Å². The van der Waals surface area contributed by atoms with Crippen molar-refractivity contribution in [3.05, 3.63) is 70.7 Å². The van der Waals surface area contributed by atoms with Gasteiger partial charge in [-0.15, -0.1) is 0 Å². The number of halogens is 2. The van der Waals surface area contributed by atoms with Gasteiger partial charge in [-0.25, -0.2) is 4.72 Å². The van der Waals surface area contributed by atoms with Gasteiger partial charge in [-0.05, 0) is 32.4 Å². The first-order valence-electron chi connectivity index (χ1n) is 5.15. The van der Waals surface area contributed by atoms with Crippen LogP contribution in [0.4, 0.5) is 0 Å². The highest BCUT2D eigenvalue weighted by atomic mass is 127. The first-order valence-corrected chi connectivity index (χ1v) is 8.88. The molecule has 2 aromatic carbocycles. The van der Waals surface area contributed by atoms with Crippen LogP contribution < -0.4 is 4.72 Å². The fourth-order valence-corrected chi connectivity index (χ4v) is 2.92. The molecule has 88 valence electrons. The molecule has 0 saturated carbocycles. The van der Waals surface area contributed by atoms with Gasteiger partial charge in [0.2, 0.25) is 0 Å². The number of rotatable bonds is 4. The highest BCUT2D eigenvalue weighted by molar-refractivity contribution is 14.2. The molecular weight excluding hydrogens is 365 g/mol. The van der Waals surface area contributed by atoms with Crippen molar-refractivity contribution in [2.45, 2.75) is 6.04 Å². The number of hydrogen-bond donors (Lipinski definition) is 1. The van der Waals surface area contributed by atoms with E-state index in [1.54, 1.807) is 9.12 Å². The normalized spacial score (nSPS) is 12.4. The molecule has 1 unspecified atom stereocenters. The van der Waals surface area contributed by atoms with E-state index >= 15 is 0 Å². The van der Waals surface area contributed by atoms with Gasteiger partial charge < -0.3 is 0 Å². The fraction of sp³-hybridized carbons (Fsp3) is 0.0769. The van der Waals surface area contributed by atoms with Gasteiger partial charge in [0.25, 0.3) is 0 Å². The lowest BCUT2D eigenvalue weighted by Gasteiger charge is -2.17. The van der Waals surface area contributed by atoms with Crippen molar-refractivity contribution in [3.8, 4) is 0 Å². The minimum atomic E-state index is 0.190. The van der Waals surface area contributed by atoms with E-state index in [-0.39, 0.29) is 6.04 Å². The highest BCUT2D eigenvalue weighted by Gasteiger charge is 2.12. The summed E-state index contributed by atoms with van der Waals surface area (Å²) in [4.78, 5) is 0. The van der Waals surface area contributed by atoms with E-state index in [9.17, 15) is 0 Å². The summed E-state index contributed by atoms with van der Waals surface area (Å²) >= 11 is 8.15. The maximum atomic E-state index is 5.91. The van der Waals surface area contributed by atoms with Crippen LogP contribution in [-0.2, 0) is 0 Å². The third kappa shape index (κ3) is 3.61. The largest absolute Gasteiger partial charge is 0.243 e. The smallest absolute Gasteiger partial charge is 0.0678 e. The molecule has 1 N–H and O–H groups in total. The standard InChI is InChI=1S/C13H11ClINS/c14-12-8-6-11(7-9-12)13(16-17-15)10-4-2-1-3-5-10/h1-9,13,16H. The maximum absolute atomic E-state index is 5.91. The fourth-order valence-electron chi connectivity index (χ4n) is 1.67. The lowest BCUT2D eigenvalue weighted by Crippen LogP contribution is -2.14. The molecule has 0 aliphatic heterocycles. The molecule has 0 saturated heterocycles. The first-order chi connectivity index (χ1) is 8.31. The number of nitrogens with one attached hydrogen (secondary N) is 1. The Morgan fingerprint density at radius 3 is 2.12 bits per heavy atom.